The molecule has 2 aromatic heterocycles. The molecular weight excluding hydrogens is 335 g/mol. The first-order valence-electron chi connectivity index (χ1n) is 8.83. The number of nitrogens with zero attached hydrogens (tertiary/aromatic N) is 4. The smallest absolute Gasteiger partial charge is 0.177 e. The Hall–Kier alpha value is -2.38. The van der Waals surface area contributed by atoms with Gasteiger partial charge in [0.2, 0.25) is 0 Å². The number of hydrogen-bond acceptors (Lipinski definition) is 5. The topological polar surface area (TPSA) is 62.1 Å². The number of pyridine rings is 1. The Morgan fingerprint density at radius 1 is 1.19 bits per heavy atom. The van der Waals surface area contributed by atoms with Crippen molar-refractivity contribution >= 4 is 10.9 Å². The normalized spacial score (nSPS) is 15.6. The molecule has 4 rings (SSSR count). The zero-order valence-corrected chi connectivity index (χ0v) is 14.7. The Labute approximate surface area is 151 Å². The molecule has 0 saturated carbocycles. The summed E-state index contributed by atoms with van der Waals surface area (Å²) in [7, 11) is 1.65. The maximum absolute atomic E-state index is 14.1. The van der Waals surface area contributed by atoms with E-state index in [1.165, 1.54) is 6.07 Å². The minimum atomic E-state index is -0.336. The molecule has 136 valence electrons. The number of benzene rings is 1. The molecular formula is C19H21FN4O2. The molecule has 1 fully saturated rings. The summed E-state index contributed by atoms with van der Waals surface area (Å²) < 4.78 is 26.6. The van der Waals surface area contributed by atoms with E-state index in [0.717, 1.165) is 37.3 Å². The van der Waals surface area contributed by atoms with Crippen molar-refractivity contribution in [3.63, 3.8) is 0 Å². The molecule has 0 N–H and O–H groups in total. The zero-order chi connectivity index (χ0) is 17.9. The lowest BCUT2D eigenvalue weighted by Crippen LogP contribution is -2.15. The monoisotopic (exact) mass is 356 g/mol. The van der Waals surface area contributed by atoms with Crippen molar-refractivity contribution < 1.29 is 13.9 Å². The summed E-state index contributed by atoms with van der Waals surface area (Å²) in [5, 5.41) is 5.45. The highest BCUT2D eigenvalue weighted by Crippen LogP contribution is 2.27. The van der Waals surface area contributed by atoms with Crippen LogP contribution in [0.1, 0.15) is 24.6 Å². The first-order valence-corrected chi connectivity index (χ1v) is 8.83. The van der Waals surface area contributed by atoms with Crippen molar-refractivity contribution in [1.29, 1.82) is 0 Å². The molecule has 0 atom stereocenters. The predicted octanol–water partition coefficient (Wildman–Crippen LogP) is 3.17. The highest BCUT2D eigenvalue weighted by Gasteiger charge is 2.23. The van der Waals surface area contributed by atoms with Gasteiger partial charge in [0.1, 0.15) is 17.0 Å². The molecule has 0 bridgehead atoms. The van der Waals surface area contributed by atoms with Crippen LogP contribution >= 0.6 is 0 Å². The summed E-state index contributed by atoms with van der Waals surface area (Å²) in [6, 6.07) is 8.68. The van der Waals surface area contributed by atoms with Crippen LogP contribution in [0.5, 0.6) is 0 Å². The Bertz CT molecular complexity index is 906. The lowest BCUT2D eigenvalue weighted by Gasteiger charge is -2.18. The van der Waals surface area contributed by atoms with Gasteiger partial charge in [-0.05, 0) is 25.0 Å². The molecule has 0 aliphatic carbocycles. The Kier molecular flexibility index (Phi) is 4.90. The zero-order valence-electron chi connectivity index (χ0n) is 14.7. The summed E-state index contributed by atoms with van der Waals surface area (Å²) in [4.78, 5) is 9.26. The van der Waals surface area contributed by atoms with Crippen molar-refractivity contribution in [1.82, 2.24) is 19.7 Å². The molecule has 7 heteroatoms. The van der Waals surface area contributed by atoms with Crippen LogP contribution in [-0.4, -0.2) is 46.7 Å². The molecule has 1 aliphatic rings. The third-order valence-corrected chi connectivity index (χ3v) is 4.68. The van der Waals surface area contributed by atoms with Crippen LogP contribution in [0.2, 0.25) is 0 Å². The van der Waals surface area contributed by atoms with Gasteiger partial charge in [-0.25, -0.2) is 19.0 Å². The van der Waals surface area contributed by atoms with E-state index in [2.05, 4.69) is 10.1 Å². The lowest BCUT2D eigenvalue weighted by atomic mass is 10.00. The number of para-hydroxylation sites is 1. The van der Waals surface area contributed by atoms with E-state index in [9.17, 15) is 4.39 Å². The fraction of sp³-hybridized carbons (Fsp3) is 0.421. The van der Waals surface area contributed by atoms with Gasteiger partial charge in [-0.15, -0.1) is 0 Å². The van der Waals surface area contributed by atoms with Crippen molar-refractivity contribution in [2.24, 2.45) is 0 Å². The quantitative estimate of drug-likeness (QED) is 0.703. The molecule has 1 aromatic carbocycles. The average Bonchev–Trinajstić information content (AvgIpc) is 3.11. The molecule has 0 amide bonds. The number of hydrogen-bond donors (Lipinski definition) is 0. The molecule has 3 heterocycles. The number of methoxy groups -OCH3 is 1. The van der Waals surface area contributed by atoms with Crippen LogP contribution in [0.3, 0.4) is 0 Å². The number of fused-ring (bicyclic) bond motifs is 1. The molecule has 26 heavy (non-hydrogen) atoms. The molecule has 0 spiro atoms. The van der Waals surface area contributed by atoms with Crippen LogP contribution in [-0.2, 0) is 16.0 Å². The maximum atomic E-state index is 14.1. The number of aromatic nitrogens is 4. The third-order valence-electron chi connectivity index (χ3n) is 4.68. The van der Waals surface area contributed by atoms with Gasteiger partial charge in [0.15, 0.2) is 11.6 Å². The fourth-order valence-electron chi connectivity index (χ4n) is 3.25. The molecule has 0 unspecified atom stereocenters. The van der Waals surface area contributed by atoms with Crippen molar-refractivity contribution in [3.05, 3.63) is 42.0 Å². The first-order chi connectivity index (χ1) is 12.8. The van der Waals surface area contributed by atoms with Gasteiger partial charge < -0.3 is 9.47 Å². The standard InChI is InChI=1S/C19H21FN4O2/c1-25-12-9-24-19(22-18(23-24)14-7-10-26-11-8-14)16-6-5-13-3-2-4-15(20)17(13)21-16/h2-6,14H,7-12H2,1H3. The maximum Gasteiger partial charge on any atom is 0.177 e. The van der Waals surface area contributed by atoms with Crippen molar-refractivity contribution in [2.75, 3.05) is 26.9 Å². The van der Waals surface area contributed by atoms with Gasteiger partial charge in [-0.3, -0.25) is 0 Å². The van der Waals surface area contributed by atoms with Crippen LogP contribution in [0.15, 0.2) is 30.3 Å². The molecule has 1 saturated heterocycles. The molecule has 0 radical (unpaired) electrons. The average molecular weight is 356 g/mol. The Morgan fingerprint density at radius 2 is 2.04 bits per heavy atom. The highest BCUT2D eigenvalue weighted by atomic mass is 19.1. The van der Waals surface area contributed by atoms with E-state index >= 15 is 0 Å². The van der Waals surface area contributed by atoms with E-state index in [1.54, 1.807) is 13.2 Å². The van der Waals surface area contributed by atoms with Crippen LogP contribution in [0, 0.1) is 5.82 Å². The largest absolute Gasteiger partial charge is 0.383 e. The molecule has 6 nitrogen and oxygen atoms in total. The molecule has 1 aliphatic heterocycles. The fourth-order valence-corrected chi connectivity index (χ4v) is 3.25. The summed E-state index contributed by atoms with van der Waals surface area (Å²) in [6.07, 6.45) is 1.82. The predicted molar refractivity (Wildman–Crippen MR) is 95.4 cm³/mol. The van der Waals surface area contributed by atoms with Crippen molar-refractivity contribution in [2.45, 2.75) is 25.3 Å². The second-order valence-corrected chi connectivity index (χ2v) is 6.40. The summed E-state index contributed by atoms with van der Waals surface area (Å²) in [6.45, 7) is 2.54. The number of halogens is 1. The second-order valence-electron chi connectivity index (χ2n) is 6.40. The van der Waals surface area contributed by atoms with Crippen LogP contribution in [0.25, 0.3) is 22.4 Å². The number of ether oxygens (including phenoxy) is 2. The summed E-state index contributed by atoms with van der Waals surface area (Å²) >= 11 is 0. The third kappa shape index (κ3) is 3.32. The lowest BCUT2D eigenvalue weighted by molar-refractivity contribution is 0.0835. The minimum Gasteiger partial charge on any atom is -0.383 e. The summed E-state index contributed by atoms with van der Waals surface area (Å²) in [5.41, 5.74) is 0.962. The Balaban J connectivity index is 1.76. The van der Waals surface area contributed by atoms with Crippen LogP contribution in [0.4, 0.5) is 4.39 Å². The summed E-state index contributed by atoms with van der Waals surface area (Å²) in [5.74, 6) is 1.39. The van der Waals surface area contributed by atoms with E-state index in [1.807, 2.05) is 22.9 Å². The Morgan fingerprint density at radius 3 is 2.85 bits per heavy atom. The number of rotatable bonds is 5. The van der Waals surface area contributed by atoms with E-state index in [0.29, 0.717) is 30.2 Å². The van der Waals surface area contributed by atoms with Gasteiger partial charge in [-0.1, -0.05) is 18.2 Å². The van der Waals surface area contributed by atoms with Gasteiger partial charge >= 0.3 is 0 Å². The van der Waals surface area contributed by atoms with E-state index < -0.39 is 0 Å². The first kappa shape index (κ1) is 17.1. The van der Waals surface area contributed by atoms with Gasteiger partial charge in [0, 0.05) is 31.6 Å². The van der Waals surface area contributed by atoms with Gasteiger partial charge in [0.25, 0.3) is 0 Å². The van der Waals surface area contributed by atoms with Crippen molar-refractivity contribution in [3.8, 4) is 11.5 Å². The van der Waals surface area contributed by atoms with E-state index in [4.69, 9.17) is 14.5 Å². The second kappa shape index (κ2) is 7.47. The molecule has 3 aromatic rings. The van der Waals surface area contributed by atoms with Gasteiger partial charge in [-0.2, -0.15) is 5.10 Å². The highest BCUT2D eigenvalue weighted by molar-refractivity contribution is 5.81. The SMILES string of the molecule is COCCn1nc(C2CCOCC2)nc1-c1ccc2cccc(F)c2n1. The minimum absolute atomic E-state index is 0.281. The van der Waals surface area contributed by atoms with Gasteiger partial charge in [0.05, 0.1) is 13.2 Å². The van der Waals surface area contributed by atoms with Crippen LogP contribution < -0.4 is 0 Å². The van der Waals surface area contributed by atoms with E-state index in [-0.39, 0.29) is 11.7 Å².